The van der Waals surface area contributed by atoms with E-state index in [2.05, 4.69) is 26.3 Å². The van der Waals surface area contributed by atoms with E-state index in [1.807, 2.05) is 6.92 Å². The van der Waals surface area contributed by atoms with Gasteiger partial charge in [-0.2, -0.15) is 20.2 Å². The van der Waals surface area contributed by atoms with Crippen molar-refractivity contribution in [1.29, 1.82) is 5.26 Å². The number of ether oxygens (including phenoxy) is 2. The van der Waals surface area contributed by atoms with E-state index >= 15 is 0 Å². The zero-order valence-corrected chi connectivity index (χ0v) is 15.0. The van der Waals surface area contributed by atoms with Gasteiger partial charge in [-0.25, -0.2) is 4.39 Å². The summed E-state index contributed by atoms with van der Waals surface area (Å²) in [6, 6.07) is 12.7. The first-order valence-corrected chi connectivity index (χ1v) is 8.40. The Morgan fingerprint density at radius 2 is 1.86 bits per heavy atom. The van der Waals surface area contributed by atoms with Crippen LogP contribution in [0.1, 0.15) is 18.3 Å². The van der Waals surface area contributed by atoms with Crippen LogP contribution in [0.2, 0.25) is 0 Å². The van der Waals surface area contributed by atoms with Gasteiger partial charge in [-0.3, -0.25) is 0 Å². The van der Waals surface area contributed by atoms with Gasteiger partial charge in [0.2, 0.25) is 11.9 Å². The maximum atomic E-state index is 13.0. The van der Waals surface area contributed by atoms with Crippen LogP contribution in [0.5, 0.6) is 11.5 Å². The largest absolute Gasteiger partial charge is 0.490 e. The van der Waals surface area contributed by atoms with Crippen LogP contribution in [0.15, 0.2) is 42.5 Å². The highest BCUT2D eigenvalue weighted by atomic mass is 19.1. The summed E-state index contributed by atoms with van der Waals surface area (Å²) in [6.07, 6.45) is 0. The van der Waals surface area contributed by atoms with E-state index in [1.54, 1.807) is 30.3 Å². The molecular weight excluding hydrogens is 363 g/mol. The van der Waals surface area contributed by atoms with Crippen molar-refractivity contribution in [3.05, 3.63) is 59.7 Å². The first-order chi connectivity index (χ1) is 13.6. The van der Waals surface area contributed by atoms with Crippen LogP contribution in [0.3, 0.4) is 0 Å². The number of benzene rings is 2. The molecule has 8 nitrogen and oxygen atoms in total. The molecular formula is C19H17FN6O2. The predicted octanol–water partition coefficient (Wildman–Crippen LogP) is 3.19. The van der Waals surface area contributed by atoms with E-state index in [-0.39, 0.29) is 24.3 Å². The molecule has 0 aliphatic carbocycles. The van der Waals surface area contributed by atoms with E-state index in [0.29, 0.717) is 35.2 Å². The molecule has 3 rings (SSSR count). The Morgan fingerprint density at radius 3 is 2.57 bits per heavy atom. The van der Waals surface area contributed by atoms with Crippen molar-refractivity contribution in [1.82, 2.24) is 15.0 Å². The van der Waals surface area contributed by atoms with Crippen LogP contribution in [-0.4, -0.2) is 21.6 Å². The molecule has 28 heavy (non-hydrogen) atoms. The third kappa shape index (κ3) is 4.82. The number of nitrogens with one attached hydrogen (secondary N) is 1. The van der Waals surface area contributed by atoms with Gasteiger partial charge in [0.1, 0.15) is 12.4 Å². The fraction of sp³-hybridized carbons (Fsp3) is 0.158. The van der Waals surface area contributed by atoms with E-state index in [4.69, 9.17) is 20.5 Å². The second kappa shape index (κ2) is 8.64. The van der Waals surface area contributed by atoms with Gasteiger partial charge in [-0.15, -0.1) is 0 Å². The maximum Gasteiger partial charge on any atom is 0.232 e. The van der Waals surface area contributed by atoms with Crippen LogP contribution in [-0.2, 0) is 6.61 Å². The molecule has 0 spiro atoms. The molecule has 0 saturated heterocycles. The molecule has 0 radical (unpaired) electrons. The molecule has 3 N–H and O–H groups in total. The van der Waals surface area contributed by atoms with Crippen LogP contribution < -0.4 is 20.5 Å². The summed E-state index contributed by atoms with van der Waals surface area (Å²) in [5, 5.41) is 11.9. The Morgan fingerprint density at radius 1 is 1.07 bits per heavy atom. The number of hydrogen-bond donors (Lipinski definition) is 2. The molecule has 0 amide bonds. The highest BCUT2D eigenvalue weighted by Gasteiger charge is 2.10. The molecule has 0 fully saturated rings. The van der Waals surface area contributed by atoms with Gasteiger partial charge in [0.25, 0.3) is 0 Å². The molecule has 142 valence electrons. The summed E-state index contributed by atoms with van der Waals surface area (Å²) in [7, 11) is 0. The highest BCUT2D eigenvalue weighted by Crippen LogP contribution is 2.29. The summed E-state index contributed by atoms with van der Waals surface area (Å²) in [4.78, 5) is 12.3. The van der Waals surface area contributed by atoms with Crippen molar-refractivity contribution in [2.24, 2.45) is 0 Å². The number of hydrogen-bond acceptors (Lipinski definition) is 8. The zero-order valence-electron chi connectivity index (χ0n) is 15.0. The fourth-order valence-corrected chi connectivity index (χ4v) is 2.33. The number of aromatic nitrogens is 3. The smallest absolute Gasteiger partial charge is 0.232 e. The summed E-state index contributed by atoms with van der Waals surface area (Å²) < 4.78 is 24.3. The number of nitriles is 1. The molecule has 1 aromatic heterocycles. The first-order valence-electron chi connectivity index (χ1n) is 8.40. The average molecular weight is 380 g/mol. The van der Waals surface area contributed by atoms with Crippen LogP contribution in [0, 0.1) is 17.1 Å². The lowest BCUT2D eigenvalue weighted by atomic mass is 10.2. The van der Waals surface area contributed by atoms with Gasteiger partial charge in [0, 0.05) is 11.8 Å². The van der Waals surface area contributed by atoms with Crippen LogP contribution in [0.4, 0.5) is 22.0 Å². The van der Waals surface area contributed by atoms with Crippen LogP contribution in [0.25, 0.3) is 0 Å². The van der Waals surface area contributed by atoms with Crippen molar-refractivity contribution in [2.45, 2.75) is 13.5 Å². The maximum absolute atomic E-state index is 13.0. The van der Waals surface area contributed by atoms with Crippen molar-refractivity contribution in [3.63, 3.8) is 0 Å². The normalized spacial score (nSPS) is 10.2. The van der Waals surface area contributed by atoms with E-state index in [0.717, 1.165) is 0 Å². The number of anilines is 3. The Kier molecular flexibility index (Phi) is 5.81. The summed E-state index contributed by atoms with van der Waals surface area (Å²) in [5.41, 5.74) is 6.81. The molecule has 0 unspecified atom stereocenters. The quantitative estimate of drug-likeness (QED) is 0.641. The van der Waals surface area contributed by atoms with Gasteiger partial charge in [0.05, 0.1) is 18.2 Å². The monoisotopic (exact) mass is 380 g/mol. The van der Waals surface area contributed by atoms with Gasteiger partial charge >= 0.3 is 0 Å². The lowest BCUT2D eigenvalue weighted by Gasteiger charge is -2.12. The molecule has 0 atom stereocenters. The highest BCUT2D eigenvalue weighted by molar-refractivity contribution is 5.53. The number of nitrogens with zero attached hydrogens (tertiary/aromatic N) is 4. The van der Waals surface area contributed by atoms with Crippen molar-refractivity contribution >= 4 is 17.6 Å². The van der Waals surface area contributed by atoms with Gasteiger partial charge < -0.3 is 20.5 Å². The molecule has 3 aromatic rings. The van der Waals surface area contributed by atoms with Crippen LogP contribution >= 0.6 is 0 Å². The second-order valence-corrected chi connectivity index (χ2v) is 5.56. The Bertz CT molecular complexity index is 1000. The van der Waals surface area contributed by atoms with Crippen molar-refractivity contribution in [2.75, 3.05) is 17.7 Å². The average Bonchev–Trinajstić information content (AvgIpc) is 2.68. The third-order valence-corrected chi connectivity index (χ3v) is 3.53. The number of nitrogen functional groups attached to an aromatic ring is 1. The molecule has 0 aliphatic rings. The lowest BCUT2D eigenvalue weighted by molar-refractivity contribution is 0.263. The zero-order chi connectivity index (χ0) is 19.9. The van der Waals surface area contributed by atoms with E-state index in [1.165, 1.54) is 12.1 Å². The first kappa shape index (κ1) is 18.8. The standard InChI is InChI=1S/C19H17FN6O2/c1-2-27-16-9-12(10-21)3-8-15(16)28-11-17-24-18(22)26-19(25-17)23-14-6-4-13(20)5-7-14/h3-9H,2,11H2,1H3,(H3,22,23,24,25,26). The van der Waals surface area contributed by atoms with Gasteiger partial charge in [0.15, 0.2) is 17.3 Å². The van der Waals surface area contributed by atoms with Gasteiger partial charge in [-0.1, -0.05) is 0 Å². The topological polar surface area (TPSA) is 119 Å². The number of rotatable bonds is 7. The fourth-order valence-electron chi connectivity index (χ4n) is 2.33. The Hall–Kier alpha value is -3.93. The van der Waals surface area contributed by atoms with Crippen molar-refractivity contribution < 1.29 is 13.9 Å². The molecule has 0 saturated carbocycles. The summed E-state index contributed by atoms with van der Waals surface area (Å²) in [5.74, 6) is 1.08. The Balaban J connectivity index is 1.75. The molecule has 0 aliphatic heterocycles. The Labute approximate surface area is 160 Å². The van der Waals surface area contributed by atoms with Gasteiger partial charge in [-0.05, 0) is 43.3 Å². The lowest BCUT2D eigenvalue weighted by Crippen LogP contribution is -2.10. The summed E-state index contributed by atoms with van der Waals surface area (Å²) >= 11 is 0. The third-order valence-electron chi connectivity index (χ3n) is 3.53. The molecule has 9 heteroatoms. The molecule has 0 bridgehead atoms. The minimum Gasteiger partial charge on any atom is -0.490 e. The minimum absolute atomic E-state index is 0.0107. The SMILES string of the molecule is CCOc1cc(C#N)ccc1OCc1nc(N)nc(Nc2ccc(F)cc2)n1. The minimum atomic E-state index is -0.345. The molecule has 1 heterocycles. The van der Waals surface area contributed by atoms with Crippen molar-refractivity contribution in [3.8, 4) is 17.6 Å². The molecule has 2 aromatic carbocycles. The number of halogens is 1. The van der Waals surface area contributed by atoms with E-state index < -0.39 is 0 Å². The second-order valence-electron chi connectivity index (χ2n) is 5.56. The number of nitrogens with two attached hydrogens (primary N) is 1. The summed E-state index contributed by atoms with van der Waals surface area (Å²) in [6.45, 7) is 2.27. The predicted molar refractivity (Wildman–Crippen MR) is 101 cm³/mol. The van der Waals surface area contributed by atoms with E-state index in [9.17, 15) is 4.39 Å².